The number of benzene rings is 1. The normalized spacial score (nSPS) is 21.3. The fourth-order valence-corrected chi connectivity index (χ4v) is 8.15. The van der Waals surface area contributed by atoms with Crippen molar-refractivity contribution in [3.8, 4) is 11.3 Å². The molecule has 19 nitrogen and oxygen atoms in total. The van der Waals surface area contributed by atoms with E-state index in [-0.39, 0.29) is 45.8 Å². The quantitative estimate of drug-likeness (QED) is 0.126. The van der Waals surface area contributed by atoms with E-state index < -0.39 is 45.9 Å². The van der Waals surface area contributed by atoms with Crippen LogP contribution in [0.15, 0.2) is 46.2 Å². The smallest absolute Gasteiger partial charge is 0.332 e. The van der Waals surface area contributed by atoms with Crippen LogP contribution in [0.4, 0.5) is 0 Å². The second kappa shape index (κ2) is 19.4. The zero-order valence-corrected chi connectivity index (χ0v) is 31.5. The number of nitrogens with zero attached hydrogens (tertiary/aromatic N) is 9. The maximum absolute atomic E-state index is 13.4. The van der Waals surface area contributed by atoms with Gasteiger partial charge in [-0.1, -0.05) is 29.5 Å². The van der Waals surface area contributed by atoms with Gasteiger partial charge in [-0.3, -0.25) is 52.6 Å². The van der Waals surface area contributed by atoms with Gasteiger partial charge in [0.05, 0.1) is 62.3 Å². The van der Waals surface area contributed by atoms with E-state index in [1.807, 2.05) is 24.3 Å². The Morgan fingerprint density at radius 3 is 1.80 bits per heavy atom. The topological polar surface area (TPSA) is 240 Å². The predicted octanol–water partition coefficient (Wildman–Crippen LogP) is -1.39. The largest absolute Gasteiger partial charge is 0.480 e. The molecule has 2 aromatic heterocycles. The molecule has 2 unspecified atom stereocenters. The molecule has 55 heavy (non-hydrogen) atoms. The van der Waals surface area contributed by atoms with Gasteiger partial charge in [0.25, 0.3) is 5.56 Å². The van der Waals surface area contributed by atoms with Crippen molar-refractivity contribution in [2.75, 3.05) is 78.6 Å². The number of aliphatic hydroxyl groups excluding tert-OH is 2. The maximum atomic E-state index is 13.4. The first kappa shape index (κ1) is 41.7. The van der Waals surface area contributed by atoms with Crippen LogP contribution < -0.4 is 11.2 Å². The van der Waals surface area contributed by atoms with Gasteiger partial charge in [-0.15, -0.1) is 16.9 Å². The van der Waals surface area contributed by atoms with E-state index in [4.69, 9.17) is 0 Å². The van der Waals surface area contributed by atoms with Crippen molar-refractivity contribution < 1.29 is 39.9 Å². The molecule has 300 valence electrons. The minimum atomic E-state index is -1.01. The molecule has 1 aromatic carbocycles. The van der Waals surface area contributed by atoms with Crippen molar-refractivity contribution in [2.24, 2.45) is 0 Å². The van der Waals surface area contributed by atoms with Crippen LogP contribution in [0.1, 0.15) is 22.9 Å². The monoisotopic (exact) mass is 787 g/mol. The number of aliphatic carboxylic acids is 3. The van der Waals surface area contributed by atoms with Crippen molar-refractivity contribution in [1.82, 2.24) is 43.7 Å². The number of thioether (sulfide) groups is 1. The lowest BCUT2D eigenvalue weighted by molar-refractivity contribution is -0.140. The molecule has 0 amide bonds. The molecule has 4 heterocycles. The van der Waals surface area contributed by atoms with E-state index >= 15 is 0 Å². The molecular formula is C35H49N9O10S. The molecule has 2 aliphatic rings. The van der Waals surface area contributed by atoms with Crippen LogP contribution in [0.5, 0.6) is 0 Å². The third-order valence-electron chi connectivity index (χ3n) is 9.82. The molecular weight excluding hydrogens is 739 g/mol. The van der Waals surface area contributed by atoms with Crippen LogP contribution >= 0.6 is 11.8 Å². The van der Waals surface area contributed by atoms with Crippen LogP contribution in [0, 0.1) is 6.92 Å². The first-order valence-electron chi connectivity index (χ1n) is 18.1. The second-order valence-corrected chi connectivity index (χ2v) is 15.3. The minimum absolute atomic E-state index is 0.0503. The number of aliphatic hydroxyl groups is 2. The van der Waals surface area contributed by atoms with Crippen LogP contribution in [0.2, 0.25) is 0 Å². The molecule has 5 N–H and O–H groups in total. The minimum Gasteiger partial charge on any atom is -0.480 e. The highest BCUT2D eigenvalue weighted by molar-refractivity contribution is 8.00. The molecule has 2 fully saturated rings. The van der Waals surface area contributed by atoms with Gasteiger partial charge in [0.1, 0.15) is 5.69 Å². The summed E-state index contributed by atoms with van der Waals surface area (Å²) in [4.78, 5) is 68.4. The molecule has 0 spiro atoms. The second-order valence-electron chi connectivity index (χ2n) is 13.9. The fraction of sp³-hybridized carbons (Fsp3) is 0.571. The Bertz CT molecular complexity index is 1870. The molecule has 0 saturated carbocycles. The van der Waals surface area contributed by atoms with Crippen LogP contribution in [-0.2, 0) is 34.0 Å². The van der Waals surface area contributed by atoms with Crippen molar-refractivity contribution in [3.63, 3.8) is 0 Å². The highest BCUT2D eigenvalue weighted by Crippen LogP contribution is 2.40. The number of carbonyl (C=O) groups is 3. The number of carboxylic acid groups (broad SMARTS) is 3. The first-order chi connectivity index (χ1) is 26.3. The molecule has 2 saturated heterocycles. The van der Waals surface area contributed by atoms with E-state index in [1.165, 1.54) is 22.5 Å². The average Bonchev–Trinajstić information content (AvgIpc) is 3.76. The highest BCUT2D eigenvalue weighted by atomic mass is 32.2. The number of aryl methyl sites for hydroxylation is 2. The zero-order valence-electron chi connectivity index (χ0n) is 30.7. The van der Waals surface area contributed by atoms with Gasteiger partial charge in [0.15, 0.2) is 0 Å². The van der Waals surface area contributed by atoms with E-state index in [0.29, 0.717) is 70.2 Å². The maximum Gasteiger partial charge on any atom is 0.332 e. The Morgan fingerprint density at radius 2 is 1.31 bits per heavy atom. The molecule has 3 aromatic rings. The highest BCUT2D eigenvalue weighted by Gasteiger charge is 2.35. The predicted molar refractivity (Wildman–Crippen MR) is 201 cm³/mol. The van der Waals surface area contributed by atoms with Crippen molar-refractivity contribution in [1.29, 1.82) is 0 Å². The third-order valence-corrected chi connectivity index (χ3v) is 11.4. The van der Waals surface area contributed by atoms with E-state index in [2.05, 4.69) is 15.2 Å². The van der Waals surface area contributed by atoms with Gasteiger partial charge in [0, 0.05) is 82.6 Å². The van der Waals surface area contributed by atoms with Gasteiger partial charge < -0.3 is 25.5 Å². The number of rotatable bonds is 14. The van der Waals surface area contributed by atoms with Gasteiger partial charge in [-0.05, 0) is 12.5 Å². The van der Waals surface area contributed by atoms with Gasteiger partial charge >= 0.3 is 23.6 Å². The summed E-state index contributed by atoms with van der Waals surface area (Å²) in [5.74, 6) is -2.96. The molecule has 0 bridgehead atoms. The fourth-order valence-electron chi connectivity index (χ4n) is 6.78. The summed E-state index contributed by atoms with van der Waals surface area (Å²) in [6, 6.07) is 7.71. The molecule has 0 aliphatic carbocycles. The number of carboxylic acids is 3. The SMILES string of the molecule is Cc1cn(C2CC(O)[C@@H](CO)S2)c(=O)n(CCn2cc(-c3ccc(CN4CCN(CC(=O)O)CCN(CC(=O)O)CCN(CC(=O)O)CC4)cc3)nn2)c1=O. The lowest BCUT2D eigenvalue weighted by Crippen LogP contribution is -2.48. The summed E-state index contributed by atoms with van der Waals surface area (Å²) >= 11 is 1.30. The van der Waals surface area contributed by atoms with Crippen LogP contribution in [0.3, 0.4) is 0 Å². The van der Waals surface area contributed by atoms with Crippen molar-refractivity contribution >= 4 is 29.7 Å². The summed E-state index contributed by atoms with van der Waals surface area (Å²) in [6.07, 6.45) is 2.75. The Labute approximate surface area is 321 Å². The number of aromatic nitrogens is 5. The van der Waals surface area contributed by atoms with Crippen molar-refractivity contribution in [3.05, 3.63) is 68.6 Å². The summed E-state index contributed by atoms with van der Waals surface area (Å²) in [6.45, 7) is 4.77. The van der Waals surface area contributed by atoms with E-state index in [9.17, 15) is 49.5 Å². The molecule has 5 rings (SSSR count). The number of hydrogen-bond donors (Lipinski definition) is 5. The third kappa shape index (κ3) is 11.8. The Morgan fingerprint density at radius 1 is 0.782 bits per heavy atom. The summed E-state index contributed by atoms with van der Waals surface area (Å²) < 4.78 is 4.16. The Kier molecular flexibility index (Phi) is 14.7. The molecule has 3 atom stereocenters. The lowest BCUT2D eigenvalue weighted by Gasteiger charge is -2.33. The van der Waals surface area contributed by atoms with Crippen molar-refractivity contribution in [2.45, 2.75) is 49.7 Å². The van der Waals surface area contributed by atoms with E-state index in [1.54, 1.807) is 32.5 Å². The van der Waals surface area contributed by atoms with Crippen LogP contribution in [0.25, 0.3) is 11.3 Å². The summed E-state index contributed by atoms with van der Waals surface area (Å²) in [7, 11) is 0. The summed E-state index contributed by atoms with van der Waals surface area (Å²) in [5.41, 5.74) is 1.82. The molecule has 20 heteroatoms. The van der Waals surface area contributed by atoms with Gasteiger partial charge in [0.2, 0.25) is 0 Å². The van der Waals surface area contributed by atoms with Crippen LogP contribution in [-0.4, -0.2) is 177 Å². The molecule has 0 radical (unpaired) electrons. The average molecular weight is 788 g/mol. The Balaban J connectivity index is 1.24. The van der Waals surface area contributed by atoms with Gasteiger partial charge in [-0.2, -0.15) is 0 Å². The Hall–Kier alpha value is -4.44. The van der Waals surface area contributed by atoms with E-state index in [0.717, 1.165) is 15.7 Å². The molecule has 2 aliphatic heterocycles. The standard InChI is InChI=1S/C35H49N9O10S/c1-24-17-44(30-16-28(46)29(23-45)55-30)35(54)43(34(24)53)15-14-42-19-27(36-37-42)26-4-2-25(3-5-26)18-38-6-8-39(20-31(47)48)10-12-41(22-33(51)52)13-11-40(9-7-38)21-32(49)50/h2-5,17,19,28-30,45-46H,6-16,18,20-23H2,1H3,(H,47,48)(H,49,50)(H,51,52)/t28?,29-,30?/m1/s1. The summed E-state index contributed by atoms with van der Waals surface area (Å²) in [5, 5.41) is 55.9. The first-order valence-corrected chi connectivity index (χ1v) is 19.0. The number of hydrogen-bond acceptors (Lipinski definition) is 14. The van der Waals surface area contributed by atoms with Gasteiger partial charge in [-0.25, -0.2) is 4.79 Å². The lowest BCUT2D eigenvalue weighted by atomic mass is 10.1. The zero-order chi connectivity index (χ0) is 39.6.